The standard InChI is InChI=1S/C11H9NO2/c13-11(14)12-7-9-5-3-1-2-4-6-10(9)8-12/h1-8H,(H,13,14). The number of fused-ring (bicyclic) bond motifs is 1. The van der Waals surface area contributed by atoms with Crippen LogP contribution in [0.25, 0.3) is 12.2 Å². The van der Waals surface area contributed by atoms with Crippen molar-refractivity contribution in [2.24, 2.45) is 0 Å². The molecule has 0 aliphatic heterocycles. The number of rotatable bonds is 0. The van der Waals surface area contributed by atoms with Gasteiger partial charge in [0.05, 0.1) is 0 Å². The van der Waals surface area contributed by atoms with E-state index in [0.29, 0.717) is 0 Å². The summed E-state index contributed by atoms with van der Waals surface area (Å²) in [5.41, 5.74) is 1.82. The minimum Gasteiger partial charge on any atom is -0.464 e. The van der Waals surface area contributed by atoms with E-state index in [0.717, 1.165) is 15.7 Å². The fraction of sp³-hybridized carbons (Fsp3) is 0. The van der Waals surface area contributed by atoms with Crippen LogP contribution in [0.3, 0.4) is 0 Å². The molecule has 1 aromatic heterocycles. The predicted octanol–water partition coefficient (Wildman–Crippen LogP) is 2.61. The quantitative estimate of drug-likeness (QED) is 0.678. The van der Waals surface area contributed by atoms with Gasteiger partial charge in [0, 0.05) is 12.4 Å². The maximum atomic E-state index is 10.7. The lowest BCUT2D eigenvalue weighted by Gasteiger charge is -1.91. The van der Waals surface area contributed by atoms with Crippen LogP contribution < -0.4 is 0 Å². The summed E-state index contributed by atoms with van der Waals surface area (Å²) in [6.45, 7) is 0. The van der Waals surface area contributed by atoms with Crippen LogP contribution in [0.5, 0.6) is 0 Å². The molecule has 0 aromatic carbocycles. The highest BCUT2D eigenvalue weighted by atomic mass is 16.4. The molecule has 1 aromatic rings. The van der Waals surface area contributed by atoms with Crippen LogP contribution in [-0.4, -0.2) is 15.8 Å². The maximum Gasteiger partial charge on any atom is 0.415 e. The Balaban J connectivity index is 2.50. The number of aromatic nitrogens is 1. The second-order valence-corrected chi connectivity index (χ2v) is 2.96. The van der Waals surface area contributed by atoms with Gasteiger partial charge in [-0.3, -0.25) is 4.57 Å². The van der Waals surface area contributed by atoms with Crippen LogP contribution in [0.2, 0.25) is 0 Å². The van der Waals surface area contributed by atoms with Crippen molar-refractivity contribution in [1.29, 1.82) is 0 Å². The first-order valence-corrected chi connectivity index (χ1v) is 4.24. The van der Waals surface area contributed by atoms with Gasteiger partial charge in [0.1, 0.15) is 0 Å². The van der Waals surface area contributed by atoms with Gasteiger partial charge in [-0.2, -0.15) is 0 Å². The van der Waals surface area contributed by atoms with E-state index in [2.05, 4.69) is 0 Å². The lowest BCUT2D eigenvalue weighted by Crippen LogP contribution is -2.03. The van der Waals surface area contributed by atoms with Crippen LogP contribution in [0, 0.1) is 0 Å². The molecule has 3 nitrogen and oxygen atoms in total. The SMILES string of the molecule is O=C(O)n1cc2c(c1)C=CC=CC=C2. The van der Waals surface area contributed by atoms with Gasteiger partial charge in [0.25, 0.3) is 0 Å². The number of hydrogen-bond acceptors (Lipinski definition) is 1. The molecule has 1 heterocycles. The second kappa shape index (κ2) is 3.38. The molecular formula is C11H9NO2. The molecule has 0 saturated heterocycles. The van der Waals surface area contributed by atoms with Crippen molar-refractivity contribution in [3.8, 4) is 0 Å². The first kappa shape index (κ1) is 8.56. The third kappa shape index (κ3) is 1.52. The van der Waals surface area contributed by atoms with Crippen LogP contribution in [0.1, 0.15) is 11.1 Å². The highest BCUT2D eigenvalue weighted by molar-refractivity contribution is 5.74. The van der Waals surface area contributed by atoms with Crippen molar-refractivity contribution < 1.29 is 9.90 Å². The van der Waals surface area contributed by atoms with Crippen molar-refractivity contribution in [2.45, 2.75) is 0 Å². The fourth-order valence-electron chi connectivity index (χ4n) is 1.32. The third-order valence-corrected chi connectivity index (χ3v) is 2.00. The molecule has 0 saturated carbocycles. The van der Waals surface area contributed by atoms with E-state index in [1.165, 1.54) is 0 Å². The number of carbonyl (C=O) groups is 1. The molecule has 0 fully saturated rings. The summed E-state index contributed by atoms with van der Waals surface area (Å²) < 4.78 is 1.16. The van der Waals surface area contributed by atoms with Crippen molar-refractivity contribution in [3.05, 3.63) is 47.8 Å². The Kier molecular flexibility index (Phi) is 2.07. The van der Waals surface area contributed by atoms with E-state index in [1.807, 2.05) is 36.5 Å². The molecule has 0 atom stereocenters. The first-order chi connectivity index (χ1) is 6.77. The van der Waals surface area contributed by atoms with E-state index >= 15 is 0 Å². The largest absolute Gasteiger partial charge is 0.464 e. The molecule has 0 unspecified atom stereocenters. The minimum absolute atomic E-state index is 0.910. The van der Waals surface area contributed by atoms with Gasteiger partial charge in [0.15, 0.2) is 0 Å². The van der Waals surface area contributed by atoms with Crippen LogP contribution in [-0.2, 0) is 0 Å². The maximum absolute atomic E-state index is 10.7. The van der Waals surface area contributed by atoms with Crippen molar-refractivity contribution in [1.82, 2.24) is 4.57 Å². The lowest BCUT2D eigenvalue weighted by molar-refractivity contribution is 0.196. The summed E-state index contributed by atoms with van der Waals surface area (Å²) in [5.74, 6) is 0. The summed E-state index contributed by atoms with van der Waals surface area (Å²) in [5, 5.41) is 8.77. The Bertz CT molecular complexity index is 416. The predicted molar refractivity (Wildman–Crippen MR) is 55.1 cm³/mol. The van der Waals surface area contributed by atoms with Gasteiger partial charge in [-0.15, -0.1) is 0 Å². The van der Waals surface area contributed by atoms with E-state index in [1.54, 1.807) is 12.4 Å². The van der Waals surface area contributed by atoms with Crippen LogP contribution in [0.15, 0.2) is 36.7 Å². The summed E-state index contributed by atoms with van der Waals surface area (Å²) in [6, 6.07) is 0. The zero-order valence-corrected chi connectivity index (χ0v) is 7.42. The summed E-state index contributed by atoms with van der Waals surface area (Å²) >= 11 is 0. The van der Waals surface area contributed by atoms with Crippen LogP contribution >= 0.6 is 0 Å². The zero-order valence-electron chi connectivity index (χ0n) is 7.42. The normalized spacial score (nSPS) is 13.4. The van der Waals surface area contributed by atoms with Gasteiger partial charge in [-0.25, -0.2) is 4.79 Å². The molecular weight excluding hydrogens is 178 g/mol. The van der Waals surface area contributed by atoms with Gasteiger partial charge >= 0.3 is 6.09 Å². The smallest absolute Gasteiger partial charge is 0.415 e. The zero-order chi connectivity index (χ0) is 9.97. The monoisotopic (exact) mass is 187 g/mol. The van der Waals surface area contributed by atoms with E-state index in [4.69, 9.17) is 5.11 Å². The molecule has 2 rings (SSSR count). The Morgan fingerprint density at radius 3 is 1.93 bits per heavy atom. The van der Waals surface area contributed by atoms with E-state index in [9.17, 15) is 4.79 Å². The second-order valence-electron chi connectivity index (χ2n) is 2.96. The third-order valence-electron chi connectivity index (χ3n) is 2.00. The van der Waals surface area contributed by atoms with Crippen molar-refractivity contribution in [3.63, 3.8) is 0 Å². The van der Waals surface area contributed by atoms with Gasteiger partial charge in [-0.1, -0.05) is 36.5 Å². The van der Waals surface area contributed by atoms with Crippen molar-refractivity contribution in [2.75, 3.05) is 0 Å². The van der Waals surface area contributed by atoms with E-state index < -0.39 is 6.09 Å². The molecule has 0 amide bonds. The molecule has 1 aliphatic carbocycles. The Hall–Kier alpha value is -2.03. The Morgan fingerprint density at radius 1 is 1.00 bits per heavy atom. The molecule has 0 spiro atoms. The van der Waals surface area contributed by atoms with E-state index in [-0.39, 0.29) is 0 Å². The number of carboxylic acid groups (broad SMARTS) is 1. The summed E-state index contributed by atoms with van der Waals surface area (Å²) in [6.07, 6.45) is 13.6. The van der Waals surface area contributed by atoms with Crippen molar-refractivity contribution >= 4 is 18.2 Å². The fourth-order valence-corrected chi connectivity index (χ4v) is 1.32. The average molecular weight is 187 g/mol. The Labute approximate surface area is 81.3 Å². The summed E-state index contributed by atoms with van der Waals surface area (Å²) in [4.78, 5) is 10.7. The molecule has 1 N–H and O–H groups in total. The topological polar surface area (TPSA) is 42.2 Å². The highest BCUT2D eigenvalue weighted by Crippen LogP contribution is 2.16. The molecule has 3 heteroatoms. The highest BCUT2D eigenvalue weighted by Gasteiger charge is 2.06. The molecule has 0 radical (unpaired) electrons. The average Bonchev–Trinajstić information content (AvgIpc) is 2.48. The molecule has 0 bridgehead atoms. The first-order valence-electron chi connectivity index (χ1n) is 4.24. The number of allylic oxidation sites excluding steroid dienone is 4. The van der Waals surface area contributed by atoms with Gasteiger partial charge in [0.2, 0.25) is 0 Å². The van der Waals surface area contributed by atoms with Gasteiger partial charge < -0.3 is 5.11 Å². The summed E-state index contributed by atoms with van der Waals surface area (Å²) in [7, 11) is 0. The molecule has 70 valence electrons. The molecule has 1 aliphatic rings. The van der Waals surface area contributed by atoms with Crippen LogP contribution in [0.4, 0.5) is 4.79 Å². The Morgan fingerprint density at radius 2 is 1.50 bits per heavy atom. The number of hydrogen-bond donors (Lipinski definition) is 1. The minimum atomic E-state index is -0.966. The van der Waals surface area contributed by atoms with Gasteiger partial charge in [-0.05, 0) is 11.1 Å². The lowest BCUT2D eigenvalue weighted by atomic mass is 10.1. The molecule has 14 heavy (non-hydrogen) atoms. The number of nitrogens with zero attached hydrogens (tertiary/aromatic N) is 1.